The van der Waals surface area contributed by atoms with Crippen molar-refractivity contribution >= 4 is 22.6 Å². The van der Waals surface area contributed by atoms with E-state index in [2.05, 4.69) is 5.32 Å². The normalized spacial score (nSPS) is 19.4. The van der Waals surface area contributed by atoms with Crippen molar-refractivity contribution in [1.29, 1.82) is 0 Å². The smallest absolute Gasteiger partial charge is 0.197 e. The predicted octanol–water partition coefficient (Wildman–Crippen LogP) is 3.35. The number of benzene rings is 2. The van der Waals surface area contributed by atoms with Gasteiger partial charge < -0.3 is 25.1 Å². The van der Waals surface area contributed by atoms with Crippen LogP contribution >= 0.6 is 11.6 Å². The predicted molar refractivity (Wildman–Crippen MR) is 107 cm³/mol. The summed E-state index contributed by atoms with van der Waals surface area (Å²) in [4.78, 5) is 12.8. The van der Waals surface area contributed by atoms with Crippen LogP contribution in [0.1, 0.15) is 24.3 Å². The van der Waals surface area contributed by atoms with Crippen molar-refractivity contribution in [2.24, 2.45) is 0 Å². The summed E-state index contributed by atoms with van der Waals surface area (Å²) in [7, 11) is 0. The van der Waals surface area contributed by atoms with Crippen molar-refractivity contribution in [2.75, 3.05) is 13.2 Å². The molecule has 0 unspecified atom stereocenters. The first-order chi connectivity index (χ1) is 13.5. The minimum Gasteiger partial charge on any atom is -0.507 e. The van der Waals surface area contributed by atoms with Crippen molar-refractivity contribution in [3.8, 4) is 22.8 Å². The van der Waals surface area contributed by atoms with Crippen LogP contribution in [0.25, 0.3) is 22.3 Å². The quantitative estimate of drug-likeness (QED) is 0.534. The molecule has 146 valence electrons. The molecule has 0 amide bonds. The van der Waals surface area contributed by atoms with Crippen molar-refractivity contribution in [1.82, 2.24) is 5.32 Å². The lowest BCUT2D eigenvalue weighted by atomic mass is 9.88. The third-order valence-corrected chi connectivity index (χ3v) is 5.63. The number of hydrogen-bond acceptors (Lipinski definition) is 6. The molecule has 4 N–H and O–H groups in total. The molecule has 3 aromatic rings. The molecular weight excluding hydrogens is 382 g/mol. The molecular formula is C21H20ClNO5. The number of halogens is 1. The second kappa shape index (κ2) is 7.47. The van der Waals surface area contributed by atoms with Gasteiger partial charge in [-0.05, 0) is 31.5 Å². The average Bonchev–Trinajstić information content (AvgIpc) is 3.09. The van der Waals surface area contributed by atoms with E-state index in [0.29, 0.717) is 35.5 Å². The Hall–Kier alpha value is -2.54. The highest BCUT2D eigenvalue weighted by Gasteiger charge is 2.33. The number of nitrogens with one attached hydrogen (secondary N) is 1. The molecule has 2 heterocycles. The summed E-state index contributed by atoms with van der Waals surface area (Å²) in [6.07, 6.45) is 1.21. The maximum absolute atomic E-state index is 12.8. The summed E-state index contributed by atoms with van der Waals surface area (Å²) >= 11 is 6.26. The van der Waals surface area contributed by atoms with E-state index in [-0.39, 0.29) is 46.8 Å². The van der Waals surface area contributed by atoms with Gasteiger partial charge in [-0.1, -0.05) is 23.7 Å². The van der Waals surface area contributed by atoms with Gasteiger partial charge in [0.1, 0.15) is 28.2 Å². The molecule has 1 aliphatic rings. The molecule has 2 aromatic carbocycles. The maximum atomic E-state index is 12.8. The van der Waals surface area contributed by atoms with Gasteiger partial charge in [0.25, 0.3) is 0 Å². The Bertz CT molecular complexity index is 1090. The molecule has 0 spiro atoms. The molecule has 1 aromatic heterocycles. The topological polar surface area (TPSA) is 103 Å². The van der Waals surface area contributed by atoms with Gasteiger partial charge >= 0.3 is 0 Å². The highest BCUT2D eigenvalue weighted by molar-refractivity contribution is 6.33. The summed E-state index contributed by atoms with van der Waals surface area (Å²) in [5, 5.41) is 34.0. The van der Waals surface area contributed by atoms with Crippen molar-refractivity contribution < 1.29 is 19.7 Å². The first-order valence-electron chi connectivity index (χ1n) is 9.13. The van der Waals surface area contributed by atoms with Gasteiger partial charge in [0.05, 0.1) is 5.02 Å². The number of phenols is 2. The van der Waals surface area contributed by atoms with Crippen molar-refractivity contribution in [3.05, 3.63) is 57.2 Å². The van der Waals surface area contributed by atoms with E-state index in [9.17, 15) is 20.1 Å². The summed E-state index contributed by atoms with van der Waals surface area (Å²) in [5.41, 5.74) is 0.742. The Kier molecular flexibility index (Phi) is 5.02. The van der Waals surface area contributed by atoms with Crippen LogP contribution in [0.4, 0.5) is 0 Å². The second-order valence-corrected chi connectivity index (χ2v) is 7.36. The molecule has 1 aliphatic heterocycles. The number of fused-ring (bicyclic) bond motifs is 1. The molecule has 7 heteroatoms. The average molecular weight is 402 g/mol. The number of aliphatic hydroxyl groups is 1. The monoisotopic (exact) mass is 401 g/mol. The lowest BCUT2D eigenvalue weighted by molar-refractivity contribution is 0.265. The van der Waals surface area contributed by atoms with Crippen molar-refractivity contribution in [2.45, 2.75) is 24.8 Å². The van der Waals surface area contributed by atoms with E-state index >= 15 is 0 Å². The number of aliphatic hydroxyl groups excluding tert-OH is 1. The molecule has 28 heavy (non-hydrogen) atoms. The number of hydrogen-bond donors (Lipinski definition) is 4. The van der Waals surface area contributed by atoms with Crippen molar-refractivity contribution in [3.63, 3.8) is 0 Å². The van der Waals surface area contributed by atoms with E-state index in [4.69, 9.17) is 16.0 Å². The standard InChI is InChI=1S/C21H20ClNO5/c22-13-4-2-1-3-11(13)18-10-17(27)20-16(26)9-15(25)19(21(20)28-18)12-5-7-23-14(12)6-8-24/h1-4,9-10,12,14,23-26H,5-8H2/t12-,14+/m1/s1. The Morgan fingerprint density at radius 3 is 2.71 bits per heavy atom. The van der Waals surface area contributed by atoms with Crippen LogP contribution in [-0.4, -0.2) is 34.5 Å². The number of rotatable bonds is 4. The summed E-state index contributed by atoms with van der Waals surface area (Å²) < 4.78 is 6.05. The minimum absolute atomic E-state index is 0.000232. The van der Waals surface area contributed by atoms with Crippen LogP contribution < -0.4 is 10.7 Å². The Morgan fingerprint density at radius 2 is 1.96 bits per heavy atom. The second-order valence-electron chi connectivity index (χ2n) is 6.96. The van der Waals surface area contributed by atoms with Crippen LogP contribution in [0.15, 0.2) is 45.6 Å². The van der Waals surface area contributed by atoms with Crippen LogP contribution in [0.3, 0.4) is 0 Å². The third-order valence-electron chi connectivity index (χ3n) is 5.30. The van der Waals surface area contributed by atoms with Gasteiger partial charge in [-0.2, -0.15) is 0 Å². The fourth-order valence-corrected chi connectivity index (χ4v) is 4.26. The first-order valence-corrected chi connectivity index (χ1v) is 9.51. The Balaban J connectivity index is 2.00. The lowest BCUT2D eigenvalue weighted by Crippen LogP contribution is -2.27. The molecule has 4 rings (SSSR count). The number of aromatic hydroxyl groups is 2. The molecule has 0 radical (unpaired) electrons. The molecule has 0 saturated carbocycles. The van der Waals surface area contributed by atoms with Crippen LogP contribution in [-0.2, 0) is 0 Å². The molecule has 1 fully saturated rings. The van der Waals surface area contributed by atoms with Gasteiger partial charge in [-0.15, -0.1) is 0 Å². The maximum Gasteiger partial charge on any atom is 0.197 e. The molecule has 0 bridgehead atoms. The lowest BCUT2D eigenvalue weighted by Gasteiger charge is -2.21. The molecule has 6 nitrogen and oxygen atoms in total. The highest BCUT2D eigenvalue weighted by Crippen LogP contribution is 2.43. The zero-order valence-electron chi connectivity index (χ0n) is 15.0. The fraction of sp³-hybridized carbons (Fsp3) is 0.286. The SMILES string of the molecule is O=c1cc(-c2ccccc2Cl)oc2c([C@@H]3CCN[C@H]3CCO)c(O)cc(O)c12. The summed E-state index contributed by atoms with van der Waals surface area (Å²) in [6.45, 7) is 0.714. The van der Waals surface area contributed by atoms with Gasteiger partial charge in [0.2, 0.25) is 0 Å². The molecule has 1 saturated heterocycles. The van der Waals surface area contributed by atoms with Gasteiger partial charge in [0, 0.05) is 41.8 Å². The zero-order valence-corrected chi connectivity index (χ0v) is 15.7. The van der Waals surface area contributed by atoms with E-state index in [0.717, 1.165) is 0 Å². The summed E-state index contributed by atoms with van der Waals surface area (Å²) in [6, 6.07) is 9.39. The van der Waals surface area contributed by atoms with E-state index in [1.807, 2.05) is 0 Å². The number of phenolic OH excluding ortho intramolecular Hbond substituents is 2. The molecule has 2 atom stereocenters. The fourth-order valence-electron chi connectivity index (χ4n) is 4.03. The highest BCUT2D eigenvalue weighted by atomic mass is 35.5. The van der Waals surface area contributed by atoms with Crippen LogP contribution in [0.2, 0.25) is 5.02 Å². The molecule has 0 aliphatic carbocycles. The van der Waals surface area contributed by atoms with E-state index in [1.54, 1.807) is 24.3 Å². The summed E-state index contributed by atoms with van der Waals surface area (Å²) in [5.74, 6) is -0.375. The van der Waals surface area contributed by atoms with E-state index in [1.165, 1.54) is 12.1 Å². The van der Waals surface area contributed by atoms with Gasteiger partial charge in [-0.3, -0.25) is 4.79 Å². The Labute approximate surface area is 166 Å². The first kappa shape index (κ1) is 18.8. The third kappa shape index (κ3) is 3.13. The van der Waals surface area contributed by atoms with Gasteiger partial charge in [-0.25, -0.2) is 0 Å². The largest absolute Gasteiger partial charge is 0.507 e. The zero-order chi connectivity index (χ0) is 19.8. The van der Waals surface area contributed by atoms with Crippen LogP contribution in [0.5, 0.6) is 11.5 Å². The minimum atomic E-state index is -0.417. The Morgan fingerprint density at radius 1 is 1.18 bits per heavy atom. The van der Waals surface area contributed by atoms with E-state index < -0.39 is 5.43 Å². The van der Waals surface area contributed by atoms with Crippen LogP contribution in [0, 0.1) is 0 Å². The van der Waals surface area contributed by atoms with Gasteiger partial charge in [0.15, 0.2) is 5.43 Å².